The molecule has 3 aromatic rings. The van der Waals surface area contributed by atoms with Crippen LogP contribution in [0.3, 0.4) is 0 Å². The van der Waals surface area contributed by atoms with E-state index in [1.54, 1.807) is 4.57 Å². The van der Waals surface area contributed by atoms with Gasteiger partial charge in [-0.3, -0.25) is 4.57 Å². The lowest BCUT2D eigenvalue weighted by Crippen LogP contribution is -2.03. The van der Waals surface area contributed by atoms with E-state index in [1.807, 2.05) is 36.4 Å². The minimum absolute atomic E-state index is 0.165. The van der Waals surface area contributed by atoms with E-state index >= 15 is 0 Å². The van der Waals surface area contributed by atoms with E-state index in [0.717, 1.165) is 5.56 Å². The van der Waals surface area contributed by atoms with Gasteiger partial charge < -0.3 is 10.8 Å². The fourth-order valence-corrected chi connectivity index (χ4v) is 2.57. The van der Waals surface area contributed by atoms with Gasteiger partial charge in [-0.05, 0) is 5.56 Å². The van der Waals surface area contributed by atoms with Crippen LogP contribution in [0, 0.1) is 11.3 Å². The zero-order valence-corrected chi connectivity index (χ0v) is 12.3. The van der Waals surface area contributed by atoms with E-state index in [2.05, 4.69) is 15.0 Å². The summed E-state index contributed by atoms with van der Waals surface area (Å²) in [5, 5.41) is 19.1. The maximum Gasteiger partial charge on any atom is 0.296 e. The Morgan fingerprint density at radius 1 is 1.23 bits per heavy atom. The summed E-state index contributed by atoms with van der Waals surface area (Å²) in [6, 6.07) is 11.5. The molecule has 0 atom stereocenters. The highest BCUT2D eigenvalue weighted by molar-refractivity contribution is 7.99. The maximum absolute atomic E-state index is 10.1. The second kappa shape index (κ2) is 5.91. The first kappa shape index (κ1) is 14.2. The Morgan fingerprint density at radius 2 is 2.00 bits per heavy atom. The lowest BCUT2D eigenvalue weighted by molar-refractivity contribution is 0.408. The average molecular weight is 312 g/mol. The van der Waals surface area contributed by atoms with Gasteiger partial charge in [0.1, 0.15) is 0 Å². The number of nitrogens with two attached hydrogens (primary N) is 1. The Labute approximate surface area is 130 Å². The fraction of sp³-hybridized carbons (Fsp3) is 0.143. The van der Waals surface area contributed by atoms with Crippen molar-refractivity contribution in [1.82, 2.24) is 19.5 Å². The molecule has 2 heterocycles. The highest BCUT2D eigenvalue weighted by atomic mass is 32.2. The Kier molecular flexibility index (Phi) is 3.80. The van der Waals surface area contributed by atoms with Crippen LogP contribution in [-0.2, 0) is 6.54 Å². The van der Waals surface area contributed by atoms with E-state index in [1.165, 1.54) is 11.8 Å². The maximum atomic E-state index is 10.1. The van der Waals surface area contributed by atoms with Crippen LogP contribution in [-0.4, -0.2) is 30.4 Å². The first-order valence-corrected chi connectivity index (χ1v) is 7.44. The van der Waals surface area contributed by atoms with Gasteiger partial charge in [0.05, 0.1) is 18.4 Å². The molecule has 0 unspecified atom stereocenters. The topological polar surface area (TPSA) is 114 Å². The smallest absolute Gasteiger partial charge is 0.296 e. The van der Waals surface area contributed by atoms with E-state index in [0.29, 0.717) is 22.9 Å². The third-order valence-electron chi connectivity index (χ3n) is 3.03. The number of hydrogen-bond acceptors (Lipinski definition) is 7. The molecule has 0 spiro atoms. The van der Waals surface area contributed by atoms with Crippen molar-refractivity contribution in [1.29, 1.82) is 5.26 Å². The largest absolute Gasteiger partial charge is 0.480 e. The molecule has 0 fully saturated rings. The molecular weight excluding hydrogens is 300 g/mol. The summed E-state index contributed by atoms with van der Waals surface area (Å²) >= 11 is 1.19. The number of hydrogen-bond donors (Lipinski definition) is 2. The number of nitriles is 1. The Bertz CT molecular complexity index is 855. The number of imidazole rings is 1. The zero-order valence-electron chi connectivity index (χ0n) is 11.5. The van der Waals surface area contributed by atoms with Gasteiger partial charge in [0.15, 0.2) is 22.1 Å². The molecule has 8 heteroatoms. The summed E-state index contributed by atoms with van der Waals surface area (Å²) in [7, 11) is 0. The van der Waals surface area contributed by atoms with Gasteiger partial charge >= 0.3 is 0 Å². The van der Waals surface area contributed by atoms with Gasteiger partial charge in [0, 0.05) is 0 Å². The van der Waals surface area contributed by atoms with Crippen molar-refractivity contribution in [2.45, 2.75) is 11.7 Å². The molecule has 0 saturated heterocycles. The van der Waals surface area contributed by atoms with Crippen LogP contribution in [0.2, 0.25) is 0 Å². The quantitative estimate of drug-likeness (QED) is 0.557. The molecule has 0 aliphatic heterocycles. The van der Waals surface area contributed by atoms with Crippen LogP contribution >= 0.6 is 11.8 Å². The molecule has 22 heavy (non-hydrogen) atoms. The van der Waals surface area contributed by atoms with E-state index < -0.39 is 0 Å². The summed E-state index contributed by atoms with van der Waals surface area (Å²) in [6.07, 6.45) is 0. The molecule has 0 saturated carbocycles. The van der Waals surface area contributed by atoms with E-state index in [-0.39, 0.29) is 17.6 Å². The van der Waals surface area contributed by atoms with Crippen molar-refractivity contribution >= 4 is 28.7 Å². The predicted octanol–water partition coefficient (Wildman–Crippen LogP) is 1.78. The zero-order chi connectivity index (χ0) is 15.5. The van der Waals surface area contributed by atoms with Gasteiger partial charge in [-0.25, -0.2) is 9.97 Å². The summed E-state index contributed by atoms with van der Waals surface area (Å²) in [5.41, 5.74) is 7.68. The Balaban J connectivity index is 2.07. The van der Waals surface area contributed by atoms with Crippen molar-refractivity contribution in [2.24, 2.45) is 0 Å². The number of nitrogens with zero attached hydrogens (tertiary/aromatic N) is 5. The van der Waals surface area contributed by atoms with Crippen LogP contribution in [0.4, 0.5) is 5.82 Å². The molecule has 110 valence electrons. The third kappa shape index (κ3) is 2.66. The van der Waals surface area contributed by atoms with Gasteiger partial charge in [-0.2, -0.15) is 10.2 Å². The summed E-state index contributed by atoms with van der Waals surface area (Å²) < 4.78 is 1.57. The number of benzene rings is 1. The number of rotatable bonds is 4. The SMILES string of the molecule is N#CCSc1nc(N)c2nc(O)n(Cc3ccccc3)c2n1. The number of anilines is 1. The van der Waals surface area contributed by atoms with Gasteiger partial charge in [0.25, 0.3) is 6.01 Å². The first-order chi connectivity index (χ1) is 10.7. The van der Waals surface area contributed by atoms with Gasteiger partial charge in [-0.1, -0.05) is 42.1 Å². The molecular formula is C14H12N6OS. The van der Waals surface area contributed by atoms with Crippen molar-refractivity contribution < 1.29 is 5.11 Å². The molecule has 7 nitrogen and oxygen atoms in total. The lowest BCUT2D eigenvalue weighted by Gasteiger charge is -2.06. The molecule has 3 rings (SSSR count). The Hall–Kier alpha value is -2.79. The highest BCUT2D eigenvalue weighted by Gasteiger charge is 2.16. The monoisotopic (exact) mass is 312 g/mol. The highest BCUT2D eigenvalue weighted by Crippen LogP contribution is 2.26. The standard InChI is InChI=1S/C14H12N6OS/c15-6-7-22-13-18-11(16)10-12(19-13)20(14(21)17-10)8-9-4-2-1-3-5-9/h1-5H,7-8H2,(H,17,21)(H2,16,18,19). The molecule has 0 aliphatic carbocycles. The Morgan fingerprint density at radius 3 is 2.73 bits per heavy atom. The lowest BCUT2D eigenvalue weighted by atomic mass is 10.2. The van der Waals surface area contributed by atoms with Crippen LogP contribution < -0.4 is 5.73 Å². The first-order valence-electron chi connectivity index (χ1n) is 6.45. The number of aromatic nitrogens is 4. The molecule has 3 N–H and O–H groups in total. The van der Waals surface area contributed by atoms with Crippen molar-refractivity contribution in [3.63, 3.8) is 0 Å². The van der Waals surface area contributed by atoms with Gasteiger partial charge in [-0.15, -0.1) is 0 Å². The molecule has 0 aliphatic rings. The third-order valence-corrected chi connectivity index (χ3v) is 3.74. The predicted molar refractivity (Wildman–Crippen MR) is 83.3 cm³/mol. The number of thioether (sulfide) groups is 1. The number of nitrogen functional groups attached to an aromatic ring is 1. The average Bonchev–Trinajstić information content (AvgIpc) is 2.83. The van der Waals surface area contributed by atoms with Crippen molar-refractivity contribution in [3.05, 3.63) is 35.9 Å². The normalized spacial score (nSPS) is 10.7. The summed E-state index contributed by atoms with van der Waals surface area (Å²) in [4.78, 5) is 12.5. The second-order valence-corrected chi connectivity index (χ2v) is 5.44. The molecule has 0 amide bonds. The van der Waals surface area contributed by atoms with Crippen molar-refractivity contribution in [2.75, 3.05) is 11.5 Å². The van der Waals surface area contributed by atoms with Crippen LogP contribution in [0.5, 0.6) is 6.01 Å². The summed E-state index contributed by atoms with van der Waals surface area (Å²) in [5.74, 6) is 0.413. The fourth-order valence-electron chi connectivity index (χ4n) is 2.06. The minimum atomic E-state index is -0.165. The molecule has 2 aromatic heterocycles. The molecule has 1 aromatic carbocycles. The second-order valence-electron chi connectivity index (χ2n) is 4.49. The van der Waals surface area contributed by atoms with Crippen LogP contribution in [0.25, 0.3) is 11.2 Å². The van der Waals surface area contributed by atoms with Gasteiger partial charge in [0.2, 0.25) is 0 Å². The number of fused-ring (bicyclic) bond motifs is 1. The van der Waals surface area contributed by atoms with E-state index in [4.69, 9.17) is 11.0 Å². The molecule has 0 bridgehead atoms. The van der Waals surface area contributed by atoms with E-state index in [9.17, 15) is 5.11 Å². The number of aromatic hydroxyl groups is 1. The summed E-state index contributed by atoms with van der Waals surface area (Å²) in [6.45, 7) is 0.419. The van der Waals surface area contributed by atoms with Crippen molar-refractivity contribution in [3.8, 4) is 12.1 Å². The minimum Gasteiger partial charge on any atom is -0.480 e. The van der Waals surface area contributed by atoms with Crippen LogP contribution in [0.15, 0.2) is 35.5 Å². The van der Waals surface area contributed by atoms with Crippen LogP contribution in [0.1, 0.15) is 5.56 Å². The molecule has 0 radical (unpaired) electrons.